The van der Waals surface area contributed by atoms with Gasteiger partial charge in [-0.3, -0.25) is 0 Å². The number of hydrogen-bond donors (Lipinski definition) is 0. The fourth-order valence-corrected chi connectivity index (χ4v) is 4.11. The summed E-state index contributed by atoms with van der Waals surface area (Å²) in [7, 11) is 1.61. The second kappa shape index (κ2) is 7.13. The molecule has 0 aliphatic carbocycles. The van der Waals surface area contributed by atoms with E-state index in [2.05, 4.69) is 79.6 Å². The molecule has 0 atom stereocenters. The van der Waals surface area contributed by atoms with Gasteiger partial charge >= 0.3 is 0 Å². The Morgan fingerprint density at radius 1 is 0.750 bits per heavy atom. The lowest BCUT2D eigenvalue weighted by molar-refractivity contribution is 0.405. The summed E-state index contributed by atoms with van der Waals surface area (Å²) < 4.78 is 15.5. The Morgan fingerprint density at radius 2 is 1.40 bits per heavy atom. The molecule has 7 heteroatoms. The Hall–Kier alpha value is 0.440. The maximum absolute atomic E-state index is 5.93. The molecule has 0 bridgehead atoms. The van der Waals surface area contributed by atoms with Crippen molar-refractivity contribution in [3.05, 3.63) is 46.6 Å². The van der Waals surface area contributed by atoms with Gasteiger partial charge in [-0.15, -0.1) is 0 Å². The van der Waals surface area contributed by atoms with Gasteiger partial charge in [0.15, 0.2) is 0 Å². The topological polar surface area (TPSA) is 18.5 Å². The fraction of sp³-hybridized carbons (Fsp3) is 0.0769. The van der Waals surface area contributed by atoms with E-state index in [1.165, 1.54) is 0 Å². The van der Waals surface area contributed by atoms with Crippen molar-refractivity contribution in [2.75, 3.05) is 7.11 Å². The molecule has 0 unspecified atom stereocenters. The molecule has 106 valence electrons. The Labute approximate surface area is 158 Å². The summed E-state index contributed by atoms with van der Waals surface area (Å²) in [6.07, 6.45) is 0. The van der Waals surface area contributed by atoms with Gasteiger partial charge in [0.25, 0.3) is 0 Å². The predicted octanol–water partition coefficient (Wildman–Crippen LogP) is 7.30. The minimum absolute atomic E-state index is 0.653. The van der Waals surface area contributed by atoms with Gasteiger partial charge in [0.1, 0.15) is 17.2 Å². The van der Waals surface area contributed by atoms with Crippen molar-refractivity contribution < 1.29 is 9.47 Å². The molecular formula is C13H7Br5O2. The standard InChI is InChI=1S/C13H7Br5O2/c1-19-9-5-10(12(17)13(18)11(9)16)20-8-3-2-6(14)4-7(8)15/h2-5H,1H3. The number of benzene rings is 2. The highest BCUT2D eigenvalue weighted by Gasteiger charge is 2.16. The number of rotatable bonds is 3. The average molecular weight is 595 g/mol. The molecule has 2 nitrogen and oxygen atoms in total. The summed E-state index contributed by atoms with van der Waals surface area (Å²) in [6.45, 7) is 0. The van der Waals surface area contributed by atoms with Gasteiger partial charge in [-0.1, -0.05) is 15.9 Å². The third kappa shape index (κ3) is 3.61. The highest BCUT2D eigenvalue weighted by Crippen LogP contribution is 2.46. The van der Waals surface area contributed by atoms with Gasteiger partial charge < -0.3 is 9.47 Å². The number of ether oxygens (including phenoxy) is 2. The molecule has 0 saturated heterocycles. The van der Waals surface area contributed by atoms with Crippen molar-refractivity contribution in [2.24, 2.45) is 0 Å². The predicted molar refractivity (Wildman–Crippen MR) is 98.0 cm³/mol. The van der Waals surface area contributed by atoms with Crippen LogP contribution in [0.3, 0.4) is 0 Å². The third-order valence-electron chi connectivity index (χ3n) is 2.41. The van der Waals surface area contributed by atoms with Crippen LogP contribution in [0.1, 0.15) is 0 Å². The van der Waals surface area contributed by atoms with Crippen molar-refractivity contribution in [1.29, 1.82) is 0 Å². The molecular weight excluding hydrogens is 588 g/mol. The van der Waals surface area contributed by atoms with Crippen LogP contribution in [0.4, 0.5) is 0 Å². The van der Waals surface area contributed by atoms with Crippen molar-refractivity contribution in [1.82, 2.24) is 0 Å². The van der Waals surface area contributed by atoms with Crippen LogP contribution in [0.5, 0.6) is 17.2 Å². The molecule has 0 aliphatic rings. The minimum atomic E-state index is 0.653. The first-order valence-corrected chi connectivity index (χ1v) is 9.25. The van der Waals surface area contributed by atoms with E-state index in [9.17, 15) is 0 Å². The Bertz CT molecular complexity index is 658. The monoisotopic (exact) mass is 590 g/mol. The molecule has 0 saturated carbocycles. The molecule has 0 spiro atoms. The zero-order valence-corrected chi connectivity index (χ0v) is 17.9. The first kappa shape index (κ1) is 16.8. The summed E-state index contributed by atoms with van der Waals surface area (Å²) in [4.78, 5) is 0. The van der Waals surface area contributed by atoms with E-state index in [0.717, 1.165) is 22.4 Å². The van der Waals surface area contributed by atoms with Gasteiger partial charge in [0, 0.05) is 10.5 Å². The SMILES string of the molecule is COc1cc(Oc2ccc(Br)cc2Br)c(Br)c(Br)c1Br. The van der Waals surface area contributed by atoms with Crippen LogP contribution in [0.25, 0.3) is 0 Å². The molecule has 2 rings (SSSR count). The highest BCUT2D eigenvalue weighted by molar-refractivity contribution is 9.14. The summed E-state index contributed by atoms with van der Waals surface area (Å²) in [5.74, 6) is 2.05. The largest absolute Gasteiger partial charge is 0.495 e. The molecule has 0 heterocycles. The number of halogens is 5. The maximum atomic E-state index is 5.93. The van der Waals surface area contributed by atoms with Crippen LogP contribution < -0.4 is 9.47 Å². The van der Waals surface area contributed by atoms with Crippen LogP contribution in [-0.4, -0.2) is 7.11 Å². The lowest BCUT2D eigenvalue weighted by atomic mass is 10.3. The van der Waals surface area contributed by atoms with Crippen molar-refractivity contribution >= 4 is 79.6 Å². The molecule has 2 aromatic carbocycles. The second-order valence-corrected chi connectivity index (χ2v) is 7.84. The first-order valence-electron chi connectivity index (χ1n) is 5.28. The molecule has 2 aromatic rings. The Balaban J connectivity index is 2.45. The summed E-state index contributed by atoms with van der Waals surface area (Å²) in [5, 5.41) is 0. The van der Waals surface area contributed by atoms with Crippen LogP contribution >= 0.6 is 79.6 Å². The molecule has 0 fully saturated rings. The Kier molecular flexibility index (Phi) is 5.99. The zero-order valence-electron chi connectivity index (χ0n) is 10.0. The van der Waals surface area contributed by atoms with Gasteiger partial charge in [-0.2, -0.15) is 0 Å². The van der Waals surface area contributed by atoms with Crippen LogP contribution in [0.2, 0.25) is 0 Å². The molecule has 20 heavy (non-hydrogen) atoms. The van der Waals surface area contributed by atoms with E-state index < -0.39 is 0 Å². The second-order valence-electron chi connectivity index (χ2n) is 3.70. The van der Waals surface area contributed by atoms with Crippen molar-refractivity contribution in [3.63, 3.8) is 0 Å². The maximum Gasteiger partial charge on any atom is 0.146 e. The quantitative estimate of drug-likeness (QED) is 0.347. The average Bonchev–Trinajstić information content (AvgIpc) is 2.42. The summed E-state index contributed by atoms with van der Waals surface area (Å²) in [6, 6.07) is 7.53. The van der Waals surface area contributed by atoms with Gasteiger partial charge in [-0.25, -0.2) is 0 Å². The summed E-state index contributed by atoms with van der Waals surface area (Å²) >= 11 is 17.3. The van der Waals surface area contributed by atoms with Crippen LogP contribution in [-0.2, 0) is 0 Å². The highest BCUT2D eigenvalue weighted by atomic mass is 79.9. The normalized spacial score (nSPS) is 10.5. The zero-order chi connectivity index (χ0) is 14.9. The van der Waals surface area contributed by atoms with E-state index in [4.69, 9.17) is 9.47 Å². The lowest BCUT2D eigenvalue weighted by Crippen LogP contribution is -1.92. The molecule has 0 aromatic heterocycles. The Morgan fingerprint density at radius 3 is 2.00 bits per heavy atom. The van der Waals surface area contributed by atoms with E-state index in [1.807, 2.05) is 24.3 Å². The van der Waals surface area contributed by atoms with Crippen LogP contribution in [0, 0.1) is 0 Å². The molecule has 0 amide bonds. The smallest absolute Gasteiger partial charge is 0.146 e. The number of hydrogen-bond acceptors (Lipinski definition) is 2. The van der Waals surface area contributed by atoms with Crippen molar-refractivity contribution in [3.8, 4) is 17.2 Å². The first-order chi connectivity index (χ1) is 9.43. The van der Waals surface area contributed by atoms with Crippen molar-refractivity contribution in [2.45, 2.75) is 0 Å². The molecule has 0 radical (unpaired) electrons. The lowest BCUT2D eigenvalue weighted by Gasteiger charge is -2.14. The van der Waals surface area contributed by atoms with Gasteiger partial charge in [0.2, 0.25) is 0 Å². The van der Waals surface area contributed by atoms with Gasteiger partial charge in [-0.05, 0) is 81.9 Å². The third-order valence-corrected chi connectivity index (χ3v) is 6.96. The van der Waals surface area contributed by atoms with E-state index in [1.54, 1.807) is 7.11 Å². The minimum Gasteiger partial charge on any atom is -0.495 e. The van der Waals surface area contributed by atoms with E-state index in [0.29, 0.717) is 17.2 Å². The van der Waals surface area contributed by atoms with E-state index >= 15 is 0 Å². The molecule has 0 aliphatic heterocycles. The fourth-order valence-electron chi connectivity index (χ4n) is 1.46. The number of methoxy groups -OCH3 is 1. The van der Waals surface area contributed by atoms with Gasteiger partial charge in [0.05, 0.1) is 25.0 Å². The van der Waals surface area contributed by atoms with Crippen LogP contribution in [0.15, 0.2) is 46.6 Å². The molecule has 0 N–H and O–H groups in total. The summed E-state index contributed by atoms with van der Waals surface area (Å²) in [5.41, 5.74) is 0. The van der Waals surface area contributed by atoms with E-state index in [-0.39, 0.29) is 0 Å².